The maximum atomic E-state index is 13.4. The third-order valence-electron chi connectivity index (χ3n) is 8.34. The first kappa shape index (κ1) is 22.2. The molecule has 5 aliphatic rings. The molecule has 5 fully saturated rings. The van der Waals surface area contributed by atoms with Gasteiger partial charge in [0, 0.05) is 12.6 Å². The first-order valence-electron chi connectivity index (χ1n) is 12.8. The second-order valence-electron chi connectivity index (χ2n) is 11.5. The van der Waals surface area contributed by atoms with Crippen LogP contribution in [0.1, 0.15) is 75.6 Å². The van der Waals surface area contributed by atoms with Crippen molar-refractivity contribution in [3.63, 3.8) is 0 Å². The highest BCUT2D eigenvalue weighted by Crippen LogP contribution is 2.55. The first-order chi connectivity index (χ1) is 15.4. The molecule has 2 unspecified atom stereocenters. The zero-order chi connectivity index (χ0) is 22.3. The standard InChI is InChI=1S/C25H40N4O3/c1-16(2)15-32-24-21(14-27-29(24)8-5-17-3-6-26-7-4-17)23(30)28-22-19-9-18-10-20(22)13-25(31,11-18)12-19/h14,16-20,22,26,31H,3-13,15H2,1-2H3,(H,28,30). The van der Waals surface area contributed by atoms with E-state index in [0.29, 0.717) is 47.6 Å². The molecule has 0 aromatic carbocycles. The van der Waals surface area contributed by atoms with Gasteiger partial charge in [-0.25, -0.2) is 4.68 Å². The molecular weight excluding hydrogens is 404 g/mol. The summed E-state index contributed by atoms with van der Waals surface area (Å²) in [6.45, 7) is 7.78. The van der Waals surface area contributed by atoms with Gasteiger partial charge in [-0.05, 0) is 94.0 Å². The van der Waals surface area contributed by atoms with E-state index in [2.05, 4.69) is 29.6 Å². The monoisotopic (exact) mass is 444 g/mol. The molecule has 7 nitrogen and oxygen atoms in total. The Morgan fingerprint density at radius 2 is 2.00 bits per heavy atom. The van der Waals surface area contributed by atoms with Crippen LogP contribution in [-0.2, 0) is 6.54 Å². The van der Waals surface area contributed by atoms with Crippen LogP contribution in [0.4, 0.5) is 0 Å². The van der Waals surface area contributed by atoms with Gasteiger partial charge in [0.25, 0.3) is 5.91 Å². The topological polar surface area (TPSA) is 88.4 Å². The van der Waals surface area contributed by atoms with Crippen LogP contribution in [0.15, 0.2) is 6.20 Å². The highest BCUT2D eigenvalue weighted by Gasteiger charge is 2.55. The summed E-state index contributed by atoms with van der Waals surface area (Å²) in [6, 6.07) is 0.162. The molecular formula is C25H40N4O3. The van der Waals surface area contributed by atoms with Crippen LogP contribution in [0.5, 0.6) is 5.88 Å². The van der Waals surface area contributed by atoms with Gasteiger partial charge in [0.1, 0.15) is 5.56 Å². The average molecular weight is 445 g/mol. The SMILES string of the molecule is CC(C)COc1c(C(=O)NC2C3CC4CC2CC(O)(C4)C3)cnn1CCC1CCNCC1. The van der Waals surface area contributed by atoms with E-state index in [4.69, 9.17) is 4.74 Å². The van der Waals surface area contributed by atoms with Crippen LogP contribution in [0.2, 0.25) is 0 Å². The number of hydrogen-bond donors (Lipinski definition) is 3. The van der Waals surface area contributed by atoms with Crippen LogP contribution in [0.25, 0.3) is 0 Å². The van der Waals surface area contributed by atoms with Crippen LogP contribution < -0.4 is 15.4 Å². The molecule has 1 aromatic heterocycles. The van der Waals surface area contributed by atoms with Crippen molar-refractivity contribution in [2.45, 2.75) is 83.4 Å². The Labute approximate surface area is 191 Å². The van der Waals surface area contributed by atoms with Gasteiger partial charge >= 0.3 is 0 Å². The molecule has 4 aliphatic carbocycles. The van der Waals surface area contributed by atoms with Crippen molar-refractivity contribution in [2.75, 3.05) is 19.7 Å². The molecule has 32 heavy (non-hydrogen) atoms. The van der Waals surface area contributed by atoms with Crippen molar-refractivity contribution in [3.05, 3.63) is 11.8 Å². The number of ether oxygens (including phenoxy) is 1. The van der Waals surface area contributed by atoms with E-state index in [1.54, 1.807) is 6.20 Å². The lowest BCUT2D eigenvalue weighted by Crippen LogP contribution is -2.61. The Morgan fingerprint density at radius 1 is 1.28 bits per heavy atom. The zero-order valence-electron chi connectivity index (χ0n) is 19.7. The summed E-state index contributed by atoms with van der Waals surface area (Å²) in [5.74, 6) is 3.05. The molecule has 0 radical (unpaired) electrons. The number of nitrogens with zero attached hydrogens (tertiary/aromatic N) is 2. The zero-order valence-corrected chi connectivity index (χ0v) is 19.7. The number of rotatable bonds is 8. The summed E-state index contributed by atoms with van der Waals surface area (Å²) >= 11 is 0. The number of hydrogen-bond acceptors (Lipinski definition) is 5. The van der Waals surface area contributed by atoms with Crippen LogP contribution in [0, 0.1) is 29.6 Å². The van der Waals surface area contributed by atoms with Gasteiger partial charge in [0.2, 0.25) is 5.88 Å². The van der Waals surface area contributed by atoms with Crippen molar-refractivity contribution < 1.29 is 14.6 Å². The Kier molecular flexibility index (Phi) is 6.23. The fourth-order valence-corrected chi connectivity index (χ4v) is 7.01. The number of carbonyl (C=O) groups is 1. The molecule has 6 rings (SSSR count). The van der Waals surface area contributed by atoms with Crippen molar-refractivity contribution in [1.82, 2.24) is 20.4 Å². The number of carbonyl (C=O) groups excluding carboxylic acids is 1. The Balaban J connectivity index is 1.28. The van der Waals surface area contributed by atoms with Crippen LogP contribution in [-0.4, -0.2) is 52.1 Å². The fraction of sp³-hybridized carbons (Fsp3) is 0.840. The number of nitrogens with one attached hydrogen (secondary N) is 2. The van der Waals surface area contributed by atoms with Crippen molar-refractivity contribution in [1.29, 1.82) is 0 Å². The minimum Gasteiger partial charge on any atom is -0.477 e. The third-order valence-corrected chi connectivity index (χ3v) is 8.34. The second-order valence-corrected chi connectivity index (χ2v) is 11.5. The summed E-state index contributed by atoms with van der Waals surface area (Å²) in [5.41, 5.74) is 0.0754. The quantitative estimate of drug-likeness (QED) is 0.574. The molecule has 1 amide bonds. The van der Waals surface area contributed by atoms with E-state index in [0.717, 1.165) is 58.2 Å². The van der Waals surface area contributed by atoms with E-state index in [1.165, 1.54) is 12.8 Å². The van der Waals surface area contributed by atoms with Gasteiger partial charge in [-0.3, -0.25) is 4.79 Å². The molecule has 178 valence electrons. The number of aliphatic hydroxyl groups is 1. The molecule has 7 heteroatoms. The lowest BCUT2D eigenvalue weighted by atomic mass is 9.52. The average Bonchev–Trinajstić information content (AvgIpc) is 3.15. The summed E-state index contributed by atoms with van der Waals surface area (Å²) in [6.07, 6.45) is 10.0. The third kappa shape index (κ3) is 4.56. The molecule has 3 N–H and O–H groups in total. The minimum absolute atomic E-state index is 0.0682. The molecule has 2 heterocycles. The summed E-state index contributed by atoms with van der Waals surface area (Å²) in [4.78, 5) is 13.4. The number of piperidine rings is 1. The van der Waals surface area contributed by atoms with Crippen LogP contribution in [0.3, 0.4) is 0 Å². The van der Waals surface area contributed by atoms with Gasteiger partial charge in [-0.2, -0.15) is 5.10 Å². The lowest BCUT2D eigenvalue weighted by Gasteiger charge is -2.58. The smallest absolute Gasteiger partial charge is 0.258 e. The Morgan fingerprint density at radius 3 is 2.66 bits per heavy atom. The van der Waals surface area contributed by atoms with Crippen molar-refractivity contribution in [3.8, 4) is 5.88 Å². The summed E-state index contributed by atoms with van der Waals surface area (Å²) < 4.78 is 8.04. The molecule has 4 bridgehead atoms. The van der Waals surface area contributed by atoms with E-state index in [-0.39, 0.29) is 11.9 Å². The molecule has 1 aromatic rings. The lowest BCUT2D eigenvalue weighted by molar-refractivity contribution is -0.136. The molecule has 2 atom stereocenters. The predicted octanol–water partition coefficient (Wildman–Crippen LogP) is 2.98. The number of aryl methyl sites for hydroxylation is 1. The van der Waals surface area contributed by atoms with E-state index >= 15 is 0 Å². The van der Waals surface area contributed by atoms with Gasteiger partial charge in [-0.15, -0.1) is 0 Å². The van der Waals surface area contributed by atoms with Gasteiger partial charge in [0.05, 0.1) is 18.4 Å². The normalized spacial score (nSPS) is 34.2. The summed E-state index contributed by atoms with van der Waals surface area (Å²) in [7, 11) is 0. The maximum absolute atomic E-state index is 13.4. The predicted molar refractivity (Wildman–Crippen MR) is 123 cm³/mol. The number of aromatic nitrogens is 2. The van der Waals surface area contributed by atoms with E-state index in [9.17, 15) is 9.90 Å². The maximum Gasteiger partial charge on any atom is 0.258 e. The molecule has 1 saturated heterocycles. The highest BCUT2D eigenvalue weighted by molar-refractivity contribution is 5.96. The Bertz CT molecular complexity index is 800. The largest absolute Gasteiger partial charge is 0.477 e. The second kappa shape index (κ2) is 8.98. The van der Waals surface area contributed by atoms with Crippen molar-refractivity contribution >= 4 is 5.91 Å². The minimum atomic E-state index is -0.483. The van der Waals surface area contributed by atoms with E-state index in [1.807, 2.05) is 4.68 Å². The summed E-state index contributed by atoms with van der Waals surface area (Å²) in [5, 5.41) is 22.2. The molecule has 0 spiro atoms. The first-order valence-corrected chi connectivity index (χ1v) is 12.8. The molecule has 4 saturated carbocycles. The van der Waals surface area contributed by atoms with Gasteiger partial charge < -0.3 is 20.5 Å². The van der Waals surface area contributed by atoms with Gasteiger partial charge in [0.15, 0.2) is 0 Å². The number of amides is 1. The highest BCUT2D eigenvalue weighted by atomic mass is 16.5. The van der Waals surface area contributed by atoms with E-state index < -0.39 is 5.60 Å². The Hall–Kier alpha value is -1.60. The van der Waals surface area contributed by atoms with Crippen LogP contribution >= 0.6 is 0 Å². The van der Waals surface area contributed by atoms with Crippen molar-refractivity contribution in [2.24, 2.45) is 29.6 Å². The fourth-order valence-electron chi connectivity index (χ4n) is 7.01. The molecule has 1 aliphatic heterocycles. The van der Waals surface area contributed by atoms with Gasteiger partial charge in [-0.1, -0.05) is 13.8 Å².